The van der Waals surface area contributed by atoms with Crippen LogP contribution in [-0.4, -0.2) is 50.2 Å². The maximum absolute atomic E-state index is 13.1. The van der Waals surface area contributed by atoms with E-state index in [1.807, 2.05) is 0 Å². The van der Waals surface area contributed by atoms with Crippen molar-refractivity contribution in [2.24, 2.45) is 5.41 Å². The van der Waals surface area contributed by atoms with E-state index in [0.29, 0.717) is 18.6 Å². The maximum Gasteiger partial charge on any atom is 0.231 e. The number of nitrogens with zero attached hydrogens (tertiary/aromatic N) is 1. The molecule has 1 N–H and O–H groups in total. The lowest BCUT2D eigenvalue weighted by Gasteiger charge is -2.41. The van der Waals surface area contributed by atoms with Crippen molar-refractivity contribution < 1.29 is 9.53 Å². The minimum Gasteiger partial charge on any atom is -0.384 e. The molecule has 1 rings (SSSR count). The molecule has 1 aliphatic rings. The van der Waals surface area contributed by atoms with Crippen LogP contribution in [-0.2, 0) is 9.53 Å². The number of nitrogens with one attached hydrogen (secondary N) is 1. The maximum atomic E-state index is 13.1. The van der Waals surface area contributed by atoms with Gasteiger partial charge in [0.15, 0.2) is 0 Å². The smallest absolute Gasteiger partial charge is 0.231 e. The molecule has 0 saturated carbocycles. The summed E-state index contributed by atoms with van der Waals surface area (Å²) in [4.78, 5) is 15.2. The Kier molecular flexibility index (Phi) is 7.52. The van der Waals surface area contributed by atoms with Gasteiger partial charge in [-0.15, -0.1) is 0 Å². The van der Waals surface area contributed by atoms with Gasteiger partial charge in [-0.2, -0.15) is 0 Å². The van der Waals surface area contributed by atoms with E-state index < -0.39 is 0 Å². The van der Waals surface area contributed by atoms with E-state index in [4.69, 9.17) is 4.74 Å². The number of hydrogen-bond donors (Lipinski definition) is 1. The fourth-order valence-electron chi connectivity index (χ4n) is 2.98. The Balaban J connectivity index is 2.87. The highest BCUT2D eigenvalue weighted by molar-refractivity contribution is 5.83. The summed E-state index contributed by atoms with van der Waals surface area (Å²) < 4.78 is 5.40. The Labute approximate surface area is 124 Å². The number of piperidine rings is 1. The van der Waals surface area contributed by atoms with Crippen LogP contribution in [0.15, 0.2) is 0 Å². The second-order valence-corrected chi connectivity index (χ2v) is 6.07. The van der Waals surface area contributed by atoms with Gasteiger partial charge in [-0.1, -0.05) is 20.3 Å². The van der Waals surface area contributed by atoms with Crippen LogP contribution in [0.5, 0.6) is 0 Å². The first-order chi connectivity index (χ1) is 9.61. The van der Waals surface area contributed by atoms with Crippen molar-refractivity contribution in [3.63, 3.8) is 0 Å². The summed E-state index contributed by atoms with van der Waals surface area (Å²) in [7, 11) is 1.71. The summed E-state index contributed by atoms with van der Waals surface area (Å²) in [5, 5.41) is 3.35. The average molecular weight is 284 g/mol. The number of amides is 1. The molecule has 0 radical (unpaired) electrons. The number of rotatable bonds is 8. The third kappa shape index (κ3) is 4.19. The van der Waals surface area contributed by atoms with Crippen LogP contribution >= 0.6 is 0 Å². The molecule has 1 saturated heterocycles. The number of hydrogen-bond acceptors (Lipinski definition) is 3. The molecular formula is C16H32N2O2. The normalized spacial score (nSPS) is 19.6. The van der Waals surface area contributed by atoms with Crippen LogP contribution in [0.2, 0.25) is 0 Å². The van der Waals surface area contributed by atoms with Gasteiger partial charge in [0.1, 0.15) is 0 Å². The Morgan fingerprint density at radius 3 is 2.50 bits per heavy atom. The van der Waals surface area contributed by atoms with Crippen molar-refractivity contribution >= 4 is 5.91 Å². The molecule has 0 aromatic heterocycles. The number of carbonyl (C=O) groups is 1. The molecule has 0 aromatic rings. The topological polar surface area (TPSA) is 41.6 Å². The second-order valence-electron chi connectivity index (χ2n) is 6.07. The molecule has 1 heterocycles. The zero-order chi connectivity index (χ0) is 15.0. The molecule has 1 aliphatic heterocycles. The number of ether oxygens (including phenoxy) is 1. The van der Waals surface area contributed by atoms with E-state index in [1.54, 1.807) is 7.11 Å². The monoisotopic (exact) mass is 284 g/mol. The zero-order valence-electron chi connectivity index (χ0n) is 13.7. The summed E-state index contributed by atoms with van der Waals surface area (Å²) in [6.45, 7) is 9.75. The molecule has 1 atom stereocenters. The molecule has 118 valence electrons. The molecule has 1 fully saturated rings. The summed E-state index contributed by atoms with van der Waals surface area (Å²) in [5.41, 5.74) is -0.308. The van der Waals surface area contributed by atoms with Gasteiger partial charge in [-0.3, -0.25) is 4.79 Å². The van der Waals surface area contributed by atoms with Crippen molar-refractivity contribution in [1.82, 2.24) is 10.2 Å². The molecule has 1 amide bonds. The second kappa shape index (κ2) is 8.63. The molecule has 4 heteroatoms. The van der Waals surface area contributed by atoms with Gasteiger partial charge >= 0.3 is 0 Å². The van der Waals surface area contributed by atoms with Gasteiger partial charge in [0.25, 0.3) is 0 Å². The quantitative estimate of drug-likeness (QED) is 0.744. The minimum atomic E-state index is -0.308. The Hall–Kier alpha value is -0.610. The Bertz CT molecular complexity index is 283. The van der Waals surface area contributed by atoms with E-state index in [-0.39, 0.29) is 5.41 Å². The molecule has 1 unspecified atom stereocenters. The lowest BCUT2D eigenvalue weighted by atomic mass is 9.78. The predicted molar refractivity (Wildman–Crippen MR) is 82.8 cm³/mol. The molecule has 0 bridgehead atoms. The van der Waals surface area contributed by atoms with E-state index in [0.717, 1.165) is 51.7 Å². The van der Waals surface area contributed by atoms with Crippen LogP contribution < -0.4 is 5.32 Å². The highest BCUT2D eigenvalue weighted by Gasteiger charge is 2.42. The van der Waals surface area contributed by atoms with Crippen molar-refractivity contribution in [2.45, 2.75) is 58.9 Å². The molecule has 4 nitrogen and oxygen atoms in total. The molecule has 0 spiro atoms. The summed E-state index contributed by atoms with van der Waals surface area (Å²) in [6, 6.07) is 0.317. The summed E-state index contributed by atoms with van der Waals surface area (Å²) in [5.74, 6) is 0.309. The van der Waals surface area contributed by atoms with E-state index in [2.05, 4.69) is 31.0 Å². The third-order valence-electron chi connectivity index (χ3n) is 4.57. The lowest BCUT2D eigenvalue weighted by Crippen LogP contribution is -2.54. The van der Waals surface area contributed by atoms with E-state index in [9.17, 15) is 4.79 Å². The highest BCUT2D eigenvalue weighted by atomic mass is 16.5. The van der Waals surface area contributed by atoms with Crippen LogP contribution in [0.4, 0.5) is 0 Å². The lowest BCUT2D eigenvalue weighted by molar-refractivity contribution is -0.150. The fourth-order valence-corrected chi connectivity index (χ4v) is 2.98. The largest absolute Gasteiger partial charge is 0.384 e. The third-order valence-corrected chi connectivity index (χ3v) is 4.57. The van der Waals surface area contributed by atoms with Gasteiger partial charge < -0.3 is 15.0 Å². The van der Waals surface area contributed by atoms with Crippen LogP contribution in [0, 0.1) is 5.41 Å². The molecule has 20 heavy (non-hydrogen) atoms. The van der Waals surface area contributed by atoms with Gasteiger partial charge in [0, 0.05) is 19.7 Å². The first-order valence-electron chi connectivity index (χ1n) is 8.12. The van der Waals surface area contributed by atoms with Crippen LogP contribution in [0.1, 0.15) is 52.9 Å². The average Bonchev–Trinajstić information content (AvgIpc) is 2.48. The van der Waals surface area contributed by atoms with Gasteiger partial charge in [-0.05, 0) is 45.7 Å². The Morgan fingerprint density at radius 2 is 2.00 bits per heavy atom. The highest BCUT2D eigenvalue weighted by Crippen LogP contribution is 2.32. The first-order valence-corrected chi connectivity index (χ1v) is 8.12. The van der Waals surface area contributed by atoms with Gasteiger partial charge in [-0.25, -0.2) is 0 Å². The predicted octanol–water partition coefficient (Wildman–Crippen LogP) is 2.43. The standard InChI is InChI=1S/C16H32N2O2/c1-5-7-12-18(14(3)6-2)15(19)16(13-20-4)8-10-17-11-9-16/h14,17H,5-13H2,1-4H3. The fraction of sp³-hybridized carbons (Fsp3) is 0.938. The Morgan fingerprint density at radius 1 is 1.35 bits per heavy atom. The van der Waals surface area contributed by atoms with E-state index in [1.165, 1.54) is 0 Å². The number of methoxy groups -OCH3 is 1. The SMILES string of the molecule is CCCCN(C(=O)C1(COC)CCNCC1)C(C)CC. The summed E-state index contributed by atoms with van der Waals surface area (Å²) >= 11 is 0. The van der Waals surface area contributed by atoms with E-state index >= 15 is 0 Å². The molecule has 0 aliphatic carbocycles. The van der Waals surface area contributed by atoms with Crippen molar-refractivity contribution in [3.8, 4) is 0 Å². The number of carbonyl (C=O) groups excluding carboxylic acids is 1. The van der Waals surface area contributed by atoms with Gasteiger partial charge in [0.05, 0.1) is 12.0 Å². The first kappa shape index (κ1) is 17.4. The van der Waals surface area contributed by atoms with Crippen LogP contribution in [0.25, 0.3) is 0 Å². The van der Waals surface area contributed by atoms with Crippen LogP contribution in [0.3, 0.4) is 0 Å². The molecule has 0 aromatic carbocycles. The van der Waals surface area contributed by atoms with Crippen molar-refractivity contribution in [1.29, 1.82) is 0 Å². The number of unbranched alkanes of at least 4 members (excludes halogenated alkanes) is 1. The van der Waals surface area contributed by atoms with Crippen molar-refractivity contribution in [2.75, 3.05) is 33.4 Å². The zero-order valence-corrected chi connectivity index (χ0v) is 13.7. The molecular weight excluding hydrogens is 252 g/mol. The van der Waals surface area contributed by atoms with Crippen molar-refractivity contribution in [3.05, 3.63) is 0 Å². The minimum absolute atomic E-state index is 0.308. The summed E-state index contributed by atoms with van der Waals surface area (Å²) in [6.07, 6.45) is 4.99. The van der Waals surface area contributed by atoms with Gasteiger partial charge in [0.2, 0.25) is 5.91 Å².